The molecule has 132 valence electrons. The van der Waals surface area contributed by atoms with E-state index in [4.69, 9.17) is 4.52 Å². The van der Waals surface area contributed by atoms with Gasteiger partial charge in [0, 0.05) is 11.8 Å². The summed E-state index contributed by atoms with van der Waals surface area (Å²) in [5.74, 6) is -2.00. The molecule has 2 aromatic carbocycles. The van der Waals surface area contributed by atoms with E-state index in [1.807, 2.05) is 30.3 Å². The molecule has 2 aromatic heterocycles. The van der Waals surface area contributed by atoms with Crippen molar-refractivity contribution in [3.8, 4) is 11.4 Å². The lowest BCUT2D eigenvalue weighted by Gasteiger charge is -2.06. The van der Waals surface area contributed by atoms with E-state index in [2.05, 4.69) is 15.5 Å². The second kappa shape index (κ2) is 6.72. The van der Waals surface area contributed by atoms with Crippen LogP contribution in [0, 0.1) is 0 Å². The van der Waals surface area contributed by atoms with E-state index in [0.29, 0.717) is 11.3 Å². The molecule has 0 radical (unpaired) electrons. The smallest absolute Gasteiger partial charge is 0.343 e. The standard InChI is InChI=1S/C20H13N3O4/c24-18(14-9-5-7-12-6-1-2-8-13(12)14)22-19-16(20(25)26)17(23-27-19)15-10-3-4-11-21-15/h1-11H,(H,22,24)(H,25,26). The van der Waals surface area contributed by atoms with Crippen LogP contribution >= 0.6 is 0 Å². The maximum absolute atomic E-state index is 12.7. The molecule has 0 unspecified atom stereocenters. The molecule has 0 saturated heterocycles. The number of aromatic carboxylic acids is 1. The van der Waals surface area contributed by atoms with Crippen molar-refractivity contribution in [3.63, 3.8) is 0 Å². The molecular weight excluding hydrogens is 346 g/mol. The molecule has 0 aliphatic rings. The number of aromatic nitrogens is 2. The van der Waals surface area contributed by atoms with Gasteiger partial charge in [0.25, 0.3) is 5.91 Å². The van der Waals surface area contributed by atoms with E-state index >= 15 is 0 Å². The van der Waals surface area contributed by atoms with Crippen LogP contribution in [0.25, 0.3) is 22.2 Å². The van der Waals surface area contributed by atoms with E-state index in [-0.39, 0.29) is 17.1 Å². The molecule has 7 nitrogen and oxygen atoms in total. The maximum Gasteiger partial charge on any atom is 0.343 e. The maximum atomic E-state index is 12.7. The predicted molar refractivity (Wildman–Crippen MR) is 98.6 cm³/mol. The minimum Gasteiger partial charge on any atom is -0.477 e. The summed E-state index contributed by atoms with van der Waals surface area (Å²) in [5.41, 5.74) is 0.545. The zero-order chi connectivity index (χ0) is 18.8. The van der Waals surface area contributed by atoms with E-state index in [9.17, 15) is 14.7 Å². The summed E-state index contributed by atoms with van der Waals surface area (Å²) in [6, 6.07) is 17.7. The normalized spacial score (nSPS) is 10.7. The fourth-order valence-electron chi connectivity index (χ4n) is 2.85. The van der Waals surface area contributed by atoms with Gasteiger partial charge in [-0.15, -0.1) is 0 Å². The van der Waals surface area contributed by atoms with Gasteiger partial charge < -0.3 is 9.63 Å². The van der Waals surface area contributed by atoms with Crippen molar-refractivity contribution in [2.24, 2.45) is 0 Å². The van der Waals surface area contributed by atoms with Crippen LogP contribution in [0.5, 0.6) is 0 Å². The third kappa shape index (κ3) is 3.02. The number of amides is 1. The van der Waals surface area contributed by atoms with Gasteiger partial charge in [0.15, 0.2) is 5.56 Å². The Labute approximate surface area is 153 Å². The summed E-state index contributed by atoms with van der Waals surface area (Å²) in [5, 5.41) is 17.5. The second-order valence-electron chi connectivity index (χ2n) is 5.74. The molecule has 2 N–H and O–H groups in total. The third-order valence-corrected chi connectivity index (χ3v) is 4.07. The SMILES string of the molecule is O=C(O)c1c(-c2ccccn2)noc1NC(=O)c1cccc2ccccc12. The van der Waals surface area contributed by atoms with Crippen molar-refractivity contribution in [1.82, 2.24) is 10.1 Å². The first kappa shape index (κ1) is 16.5. The number of nitrogens with zero attached hydrogens (tertiary/aromatic N) is 2. The number of hydrogen-bond donors (Lipinski definition) is 2. The molecule has 1 amide bonds. The Balaban J connectivity index is 1.73. The summed E-state index contributed by atoms with van der Waals surface area (Å²) in [6.07, 6.45) is 1.52. The van der Waals surface area contributed by atoms with Crippen molar-refractivity contribution >= 4 is 28.5 Å². The highest BCUT2D eigenvalue weighted by atomic mass is 16.5. The summed E-state index contributed by atoms with van der Waals surface area (Å²) in [4.78, 5) is 28.6. The van der Waals surface area contributed by atoms with Crippen LogP contribution in [0.15, 0.2) is 71.4 Å². The quantitative estimate of drug-likeness (QED) is 0.573. The van der Waals surface area contributed by atoms with Crippen molar-refractivity contribution < 1.29 is 19.2 Å². The first-order valence-electron chi connectivity index (χ1n) is 8.08. The fraction of sp³-hybridized carbons (Fsp3) is 0. The first-order valence-corrected chi connectivity index (χ1v) is 8.08. The predicted octanol–water partition coefficient (Wildman–Crippen LogP) is 3.84. The van der Waals surface area contributed by atoms with Crippen LogP contribution in [0.4, 0.5) is 5.88 Å². The number of rotatable bonds is 4. The molecule has 0 atom stereocenters. The lowest BCUT2D eigenvalue weighted by molar-refractivity contribution is 0.0698. The van der Waals surface area contributed by atoms with Crippen LogP contribution < -0.4 is 5.32 Å². The highest BCUT2D eigenvalue weighted by molar-refractivity contribution is 6.14. The lowest BCUT2D eigenvalue weighted by Crippen LogP contribution is -2.14. The van der Waals surface area contributed by atoms with Crippen LogP contribution in [0.1, 0.15) is 20.7 Å². The van der Waals surface area contributed by atoms with Gasteiger partial charge in [-0.1, -0.05) is 47.6 Å². The molecule has 0 aliphatic carbocycles. The topological polar surface area (TPSA) is 105 Å². The number of carboxylic acid groups (broad SMARTS) is 1. The monoisotopic (exact) mass is 359 g/mol. The number of benzene rings is 2. The molecule has 0 fully saturated rings. The van der Waals surface area contributed by atoms with Gasteiger partial charge in [0.2, 0.25) is 5.88 Å². The Kier molecular flexibility index (Phi) is 4.10. The highest BCUT2D eigenvalue weighted by Crippen LogP contribution is 2.28. The number of carbonyl (C=O) groups excluding carboxylic acids is 1. The van der Waals surface area contributed by atoms with Gasteiger partial charge in [0.05, 0.1) is 5.69 Å². The van der Waals surface area contributed by atoms with Crippen LogP contribution in [0.3, 0.4) is 0 Å². The molecule has 4 aromatic rings. The average Bonchev–Trinajstić information content (AvgIpc) is 3.12. The number of carboxylic acids is 1. The molecule has 0 saturated carbocycles. The summed E-state index contributed by atoms with van der Waals surface area (Å²) in [6.45, 7) is 0. The van der Waals surface area contributed by atoms with Gasteiger partial charge in [-0.05, 0) is 29.0 Å². The van der Waals surface area contributed by atoms with Gasteiger partial charge >= 0.3 is 5.97 Å². The lowest BCUT2D eigenvalue weighted by atomic mass is 10.0. The molecule has 7 heteroatoms. The van der Waals surface area contributed by atoms with Crippen molar-refractivity contribution in [3.05, 3.63) is 78.0 Å². The Bertz CT molecular complexity index is 1150. The Morgan fingerprint density at radius 2 is 1.74 bits per heavy atom. The third-order valence-electron chi connectivity index (χ3n) is 4.07. The average molecular weight is 359 g/mol. The molecule has 0 spiro atoms. The summed E-state index contributed by atoms with van der Waals surface area (Å²) in [7, 11) is 0. The van der Waals surface area contributed by atoms with E-state index < -0.39 is 11.9 Å². The van der Waals surface area contributed by atoms with Crippen molar-refractivity contribution in [2.75, 3.05) is 5.32 Å². The molecular formula is C20H13N3O4. The number of anilines is 1. The van der Waals surface area contributed by atoms with Crippen LogP contribution in [0.2, 0.25) is 0 Å². The van der Waals surface area contributed by atoms with Gasteiger partial charge in [-0.2, -0.15) is 0 Å². The second-order valence-corrected chi connectivity index (χ2v) is 5.74. The molecule has 0 bridgehead atoms. The van der Waals surface area contributed by atoms with E-state index in [0.717, 1.165) is 10.8 Å². The van der Waals surface area contributed by atoms with Crippen molar-refractivity contribution in [2.45, 2.75) is 0 Å². The zero-order valence-corrected chi connectivity index (χ0v) is 13.9. The Hall–Kier alpha value is -4.00. The van der Waals surface area contributed by atoms with Gasteiger partial charge in [-0.25, -0.2) is 4.79 Å². The number of hydrogen-bond acceptors (Lipinski definition) is 5. The highest BCUT2D eigenvalue weighted by Gasteiger charge is 2.26. The molecule has 2 heterocycles. The van der Waals surface area contributed by atoms with Gasteiger partial charge in [-0.3, -0.25) is 15.1 Å². The number of carbonyl (C=O) groups is 2. The molecule has 4 rings (SSSR count). The summed E-state index contributed by atoms with van der Waals surface area (Å²) < 4.78 is 5.11. The number of nitrogens with one attached hydrogen (secondary N) is 1. The number of fused-ring (bicyclic) bond motifs is 1. The number of pyridine rings is 1. The minimum atomic E-state index is -1.27. The van der Waals surface area contributed by atoms with Crippen LogP contribution in [-0.2, 0) is 0 Å². The molecule has 27 heavy (non-hydrogen) atoms. The molecule has 0 aliphatic heterocycles. The van der Waals surface area contributed by atoms with Crippen LogP contribution in [-0.4, -0.2) is 27.1 Å². The van der Waals surface area contributed by atoms with E-state index in [1.165, 1.54) is 6.20 Å². The fourth-order valence-corrected chi connectivity index (χ4v) is 2.85. The zero-order valence-electron chi connectivity index (χ0n) is 13.9. The van der Waals surface area contributed by atoms with Crippen molar-refractivity contribution in [1.29, 1.82) is 0 Å². The first-order chi connectivity index (χ1) is 13.1. The Morgan fingerprint density at radius 1 is 0.963 bits per heavy atom. The Morgan fingerprint density at radius 3 is 2.52 bits per heavy atom. The largest absolute Gasteiger partial charge is 0.477 e. The van der Waals surface area contributed by atoms with Gasteiger partial charge in [0.1, 0.15) is 5.69 Å². The minimum absolute atomic E-state index is 0.0521. The summed E-state index contributed by atoms with van der Waals surface area (Å²) >= 11 is 0. The van der Waals surface area contributed by atoms with E-state index in [1.54, 1.807) is 30.3 Å².